The third-order valence-corrected chi connectivity index (χ3v) is 3.98. The van der Waals surface area contributed by atoms with Gasteiger partial charge in [0.15, 0.2) is 0 Å². The Morgan fingerprint density at radius 3 is 2.76 bits per heavy atom. The van der Waals surface area contributed by atoms with Crippen LogP contribution in [-0.4, -0.2) is 43.5 Å². The van der Waals surface area contributed by atoms with Crippen LogP contribution in [0.15, 0.2) is 24.3 Å². The Hall–Kier alpha value is -2.04. The van der Waals surface area contributed by atoms with E-state index in [0.29, 0.717) is 37.4 Å². The zero-order valence-electron chi connectivity index (χ0n) is 12.8. The molecular weight excluding hydrogens is 268 g/mol. The number of benzene rings is 1. The van der Waals surface area contributed by atoms with E-state index in [0.717, 1.165) is 0 Å². The van der Waals surface area contributed by atoms with Crippen LogP contribution in [0.2, 0.25) is 0 Å². The Bertz CT molecular complexity index is 544. The summed E-state index contributed by atoms with van der Waals surface area (Å²) in [6.07, 6.45) is 0.680. The number of para-hydroxylation sites is 1. The highest BCUT2D eigenvalue weighted by molar-refractivity contribution is 5.97. The van der Waals surface area contributed by atoms with E-state index in [1.54, 1.807) is 24.1 Å². The molecule has 0 saturated carbocycles. The van der Waals surface area contributed by atoms with Crippen LogP contribution in [0.3, 0.4) is 0 Å². The number of carbonyl (C=O) groups excluding carboxylic acids is 2. The van der Waals surface area contributed by atoms with Crippen LogP contribution in [-0.2, 0) is 4.79 Å². The molecule has 2 amide bonds. The zero-order chi connectivity index (χ0) is 15.5. The zero-order valence-corrected chi connectivity index (χ0v) is 12.8. The molecule has 1 unspecified atom stereocenters. The van der Waals surface area contributed by atoms with Crippen LogP contribution in [0.25, 0.3) is 0 Å². The van der Waals surface area contributed by atoms with E-state index in [1.165, 1.54) is 0 Å². The average molecular weight is 290 g/mol. The second-order valence-corrected chi connectivity index (χ2v) is 5.60. The minimum absolute atomic E-state index is 0.0142. The second-order valence-electron chi connectivity index (χ2n) is 5.60. The van der Waals surface area contributed by atoms with Crippen molar-refractivity contribution in [2.24, 2.45) is 5.41 Å². The van der Waals surface area contributed by atoms with E-state index in [1.807, 2.05) is 26.0 Å². The fourth-order valence-electron chi connectivity index (χ4n) is 2.69. The number of carbonyl (C=O) groups is 2. The molecule has 1 aromatic carbocycles. The lowest BCUT2D eigenvalue weighted by molar-refractivity contribution is -0.129. The standard InChI is InChI=1S/C16H22N2O3/c1-4-17-15(20)16(2)9-10-18(11-16)14(19)12-7-5-6-8-13(12)21-3/h5-8H,4,9-11H2,1-3H3,(H,17,20). The molecule has 1 fully saturated rings. The molecule has 2 rings (SSSR count). The topological polar surface area (TPSA) is 58.6 Å². The Labute approximate surface area is 125 Å². The maximum absolute atomic E-state index is 12.6. The van der Waals surface area contributed by atoms with Gasteiger partial charge in [0.1, 0.15) is 5.75 Å². The van der Waals surface area contributed by atoms with Crippen LogP contribution in [0.1, 0.15) is 30.6 Å². The Morgan fingerprint density at radius 2 is 2.10 bits per heavy atom. The van der Waals surface area contributed by atoms with Crippen molar-refractivity contribution < 1.29 is 14.3 Å². The normalized spacial score (nSPS) is 21.2. The maximum Gasteiger partial charge on any atom is 0.257 e. The molecule has 0 radical (unpaired) electrons. The summed E-state index contributed by atoms with van der Waals surface area (Å²) in [7, 11) is 1.55. The van der Waals surface area contributed by atoms with E-state index in [9.17, 15) is 9.59 Å². The molecule has 114 valence electrons. The van der Waals surface area contributed by atoms with Gasteiger partial charge >= 0.3 is 0 Å². The predicted octanol–water partition coefficient (Wildman–Crippen LogP) is 1.68. The lowest BCUT2D eigenvalue weighted by Gasteiger charge is -2.23. The summed E-state index contributed by atoms with van der Waals surface area (Å²) in [5.74, 6) is 0.495. The van der Waals surface area contributed by atoms with E-state index in [-0.39, 0.29) is 11.8 Å². The first kappa shape index (κ1) is 15.4. The molecule has 21 heavy (non-hydrogen) atoms. The lowest BCUT2D eigenvalue weighted by Crippen LogP contribution is -2.41. The highest BCUT2D eigenvalue weighted by Crippen LogP contribution is 2.32. The maximum atomic E-state index is 12.6. The molecule has 0 spiro atoms. The van der Waals surface area contributed by atoms with Gasteiger partial charge in [-0.05, 0) is 32.4 Å². The molecule has 1 N–H and O–H groups in total. The SMILES string of the molecule is CCNC(=O)C1(C)CCN(C(=O)c2ccccc2OC)C1. The molecule has 1 atom stereocenters. The monoisotopic (exact) mass is 290 g/mol. The van der Waals surface area contributed by atoms with Gasteiger partial charge in [0, 0.05) is 19.6 Å². The number of methoxy groups -OCH3 is 1. The second kappa shape index (κ2) is 6.16. The van der Waals surface area contributed by atoms with Gasteiger partial charge in [-0.2, -0.15) is 0 Å². The van der Waals surface area contributed by atoms with Crippen LogP contribution < -0.4 is 10.1 Å². The molecule has 5 heteroatoms. The van der Waals surface area contributed by atoms with Crippen LogP contribution >= 0.6 is 0 Å². The molecule has 0 aromatic heterocycles. The van der Waals surface area contributed by atoms with Gasteiger partial charge in [0.2, 0.25) is 5.91 Å². The summed E-state index contributed by atoms with van der Waals surface area (Å²) in [5.41, 5.74) is 0.0355. The van der Waals surface area contributed by atoms with Gasteiger partial charge in [0.25, 0.3) is 5.91 Å². The third kappa shape index (κ3) is 3.01. The van der Waals surface area contributed by atoms with Crippen LogP contribution in [0.4, 0.5) is 0 Å². The molecule has 1 aromatic rings. The molecule has 1 aliphatic rings. The van der Waals surface area contributed by atoms with Crippen molar-refractivity contribution in [3.63, 3.8) is 0 Å². The summed E-state index contributed by atoms with van der Waals surface area (Å²) >= 11 is 0. The molecule has 0 aliphatic carbocycles. The van der Waals surface area contributed by atoms with Crippen molar-refractivity contribution in [2.45, 2.75) is 20.3 Å². The number of amides is 2. The van der Waals surface area contributed by atoms with Crippen molar-refractivity contribution in [1.82, 2.24) is 10.2 Å². The summed E-state index contributed by atoms with van der Waals surface area (Å²) in [6.45, 7) is 5.44. The lowest BCUT2D eigenvalue weighted by atomic mass is 9.89. The van der Waals surface area contributed by atoms with Gasteiger partial charge in [-0.15, -0.1) is 0 Å². The molecule has 0 bridgehead atoms. The first-order valence-electron chi connectivity index (χ1n) is 7.22. The quantitative estimate of drug-likeness (QED) is 0.918. The molecule has 1 heterocycles. The number of nitrogens with zero attached hydrogens (tertiary/aromatic N) is 1. The van der Waals surface area contributed by atoms with Gasteiger partial charge < -0.3 is 15.0 Å². The fraction of sp³-hybridized carbons (Fsp3) is 0.500. The van der Waals surface area contributed by atoms with Crippen molar-refractivity contribution >= 4 is 11.8 Å². The Kier molecular flexibility index (Phi) is 4.50. The van der Waals surface area contributed by atoms with Crippen LogP contribution in [0, 0.1) is 5.41 Å². The number of nitrogens with one attached hydrogen (secondary N) is 1. The first-order valence-corrected chi connectivity index (χ1v) is 7.22. The minimum atomic E-state index is -0.506. The summed E-state index contributed by atoms with van der Waals surface area (Å²) in [6, 6.07) is 7.17. The number of rotatable bonds is 4. The van der Waals surface area contributed by atoms with E-state index in [2.05, 4.69) is 5.32 Å². The average Bonchev–Trinajstić information content (AvgIpc) is 2.90. The smallest absolute Gasteiger partial charge is 0.257 e. The van der Waals surface area contributed by atoms with E-state index < -0.39 is 5.41 Å². The summed E-state index contributed by atoms with van der Waals surface area (Å²) in [4.78, 5) is 26.5. The van der Waals surface area contributed by atoms with Gasteiger partial charge in [-0.1, -0.05) is 12.1 Å². The van der Waals surface area contributed by atoms with Gasteiger partial charge in [-0.3, -0.25) is 9.59 Å². The van der Waals surface area contributed by atoms with E-state index >= 15 is 0 Å². The number of ether oxygens (including phenoxy) is 1. The summed E-state index contributed by atoms with van der Waals surface area (Å²) in [5, 5.41) is 2.85. The molecule has 5 nitrogen and oxygen atoms in total. The molecular formula is C16H22N2O3. The highest BCUT2D eigenvalue weighted by atomic mass is 16.5. The summed E-state index contributed by atoms with van der Waals surface area (Å²) < 4.78 is 5.24. The van der Waals surface area contributed by atoms with Crippen LogP contribution in [0.5, 0.6) is 5.75 Å². The Balaban J connectivity index is 2.14. The highest BCUT2D eigenvalue weighted by Gasteiger charge is 2.42. The molecule has 1 aliphatic heterocycles. The largest absolute Gasteiger partial charge is 0.496 e. The third-order valence-electron chi connectivity index (χ3n) is 3.98. The van der Waals surface area contributed by atoms with Crippen molar-refractivity contribution in [2.75, 3.05) is 26.7 Å². The minimum Gasteiger partial charge on any atom is -0.496 e. The number of hydrogen-bond donors (Lipinski definition) is 1. The number of likely N-dealkylation sites (tertiary alicyclic amines) is 1. The predicted molar refractivity (Wildman–Crippen MR) is 80.3 cm³/mol. The van der Waals surface area contributed by atoms with Gasteiger partial charge in [0.05, 0.1) is 18.1 Å². The fourth-order valence-corrected chi connectivity index (χ4v) is 2.69. The number of hydrogen-bond acceptors (Lipinski definition) is 3. The van der Waals surface area contributed by atoms with Gasteiger partial charge in [-0.25, -0.2) is 0 Å². The van der Waals surface area contributed by atoms with E-state index in [4.69, 9.17) is 4.74 Å². The van der Waals surface area contributed by atoms with Crippen molar-refractivity contribution in [3.05, 3.63) is 29.8 Å². The first-order chi connectivity index (χ1) is 10.0. The van der Waals surface area contributed by atoms with Crippen molar-refractivity contribution in [3.8, 4) is 5.75 Å². The van der Waals surface area contributed by atoms with Crippen molar-refractivity contribution in [1.29, 1.82) is 0 Å². The Morgan fingerprint density at radius 1 is 1.38 bits per heavy atom. The molecule has 1 saturated heterocycles.